The van der Waals surface area contributed by atoms with Gasteiger partial charge in [0, 0.05) is 0 Å². The molecule has 11 heavy (non-hydrogen) atoms. The Hall–Kier alpha value is 0.130. The summed E-state index contributed by atoms with van der Waals surface area (Å²) in [6.45, 7) is 0. The van der Waals surface area contributed by atoms with Crippen LogP contribution in [0, 0.1) is 0 Å². The fraction of sp³-hybridized carbons (Fsp3) is 0. The van der Waals surface area contributed by atoms with Crippen LogP contribution >= 0.6 is 0 Å². The molecule has 0 radical (unpaired) electrons. The second-order valence-corrected chi connectivity index (χ2v) is 2.18. The van der Waals surface area contributed by atoms with Crippen LogP contribution in [-0.4, -0.2) is 8.76 Å². The Morgan fingerprint density at radius 1 is 1.27 bits per heavy atom. The van der Waals surface area contributed by atoms with Gasteiger partial charge < -0.3 is 8.74 Å². The molecule has 1 atom stereocenters. The third-order valence-electron chi connectivity index (χ3n) is 0.907. The van der Waals surface area contributed by atoms with Crippen LogP contribution in [0.4, 0.5) is 0 Å². The molecule has 1 unspecified atom stereocenters. The molecule has 0 heterocycles. The molecule has 0 saturated heterocycles. The van der Waals surface area contributed by atoms with Gasteiger partial charge in [0.25, 0.3) is 0 Å². The quantitative estimate of drug-likeness (QED) is 0.385. The minimum atomic E-state index is -2.47. The predicted molar refractivity (Wildman–Crippen MR) is 36.0 cm³/mol. The van der Waals surface area contributed by atoms with Crippen molar-refractivity contribution in [2.24, 2.45) is 0 Å². The number of rotatable bonds is 2. The maximum atomic E-state index is 9.95. The summed E-state index contributed by atoms with van der Waals surface area (Å²) < 4.78 is 24.2. The van der Waals surface area contributed by atoms with E-state index in [2.05, 4.69) is 4.18 Å². The van der Waals surface area contributed by atoms with Crippen molar-refractivity contribution in [3.05, 3.63) is 30.3 Å². The molecule has 0 fully saturated rings. The molecule has 0 saturated carbocycles. The van der Waals surface area contributed by atoms with Gasteiger partial charge in [-0.15, -0.1) is 0 Å². The topological polar surface area (TPSA) is 49.4 Å². The van der Waals surface area contributed by atoms with E-state index in [4.69, 9.17) is 0 Å². The minimum absolute atomic E-state index is 0. The average Bonchev–Trinajstić information content (AvgIpc) is 1.88. The first-order valence-corrected chi connectivity index (χ1v) is 3.61. The Labute approximate surface area is 89.5 Å². The van der Waals surface area contributed by atoms with Gasteiger partial charge in [0.15, 0.2) is 0 Å². The summed E-state index contributed by atoms with van der Waals surface area (Å²) in [4.78, 5) is 0. The van der Waals surface area contributed by atoms with Crippen molar-refractivity contribution in [2.45, 2.75) is 0 Å². The normalized spacial score (nSPS) is 11.4. The van der Waals surface area contributed by atoms with E-state index in [1.807, 2.05) is 0 Å². The molecule has 0 spiro atoms. The van der Waals surface area contributed by atoms with Crippen molar-refractivity contribution < 1.29 is 42.5 Å². The van der Waals surface area contributed by atoms with Crippen LogP contribution in [0.1, 0.15) is 0 Å². The Morgan fingerprint density at radius 2 is 1.82 bits per heavy atom. The fourth-order valence-corrected chi connectivity index (χ4v) is 0.823. The number of para-hydroxylation sites is 1. The third-order valence-corrected chi connectivity index (χ3v) is 1.24. The summed E-state index contributed by atoms with van der Waals surface area (Å²) in [5, 5.41) is 0. The molecule has 0 aromatic heterocycles. The average molecular weight is 180 g/mol. The van der Waals surface area contributed by atoms with Crippen molar-refractivity contribution >= 4 is 11.4 Å². The Balaban J connectivity index is 0.000001000. The van der Waals surface area contributed by atoms with Crippen LogP contribution in [-0.2, 0) is 11.4 Å². The molecule has 1 aromatic rings. The van der Waals surface area contributed by atoms with E-state index in [0.29, 0.717) is 5.75 Å². The smallest absolute Gasteiger partial charge is 0.740 e. The fourth-order valence-electron chi connectivity index (χ4n) is 0.555. The molecule has 0 aliphatic carbocycles. The maximum absolute atomic E-state index is 9.95. The molecular formula is C6H5NaO3S. The standard InChI is InChI=1S/C6H6O3S.Na/c7-10(8)9-6-4-2-1-3-5-6;/h1-5H,(H,7,8);/q;+1/p-1. The molecular weight excluding hydrogens is 175 g/mol. The molecule has 1 aromatic carbocycles. The van der Waals surface area contributed by atoms with Crippen LogP contribution in [0.3, 0.4) is 0 Å². The summed E-state index contributed by atoms with van der Waals surface area (Å²) in [5.41, 5.74) is 0. The zero-order valence-electron chi connectivity index (χ0n) is 6.02. The van der Waals surface area contributed by atoms with Gasteiger partial charge in [0.1, 0.15) is 17.1 Å². The second-order valence-electron chi connectivity index (χ2n) is 1.60. The van der Waals surface area contributed by atoms with Crippen molar-refractivity contribution in [3.63, 3.8) is 0 Å². The summed E-state index contributed by atoms with van der Waals surface area (Å²) >= 11 is -2.47. The number of hydrogen-bond donors (Lipinski definition) is 0. The van der Waals surface area contributed by atoms with Gasteiger partial charge in [0.2, 0.25) is 0 Å². The third kappa shape index (κ3) is 4.55. The van der Waals surface area contributed by atoms with E-state index in [-0.39, 0.29) is 29.6 Å². The first kappa shape index (κ1) is 11.1. The first-order valence-electron chi connectivity index (χ1n) is 2.61. The van der Waals surface area contributed by atoms with Gasteiger partial charge in [-0.1, -0.05) is 18.2 Å². The first-order chi connectivity index (χ1) is 4.79. The molecule has 0 N–H and O–H groups in total. The van der Waals surface area contributed by atoms with Gasteiger partial charge in [0.05, 0.1) is 0 Å². The number of hydrogen-bond acceptors (Lipinski definition) is 3. The second kappa shape index (κ2) is 5.74. The summed E-state index contributed by atoms with van der Waals surface area (Å²) in [5.74, 6) is 0.329. The van der Waals surface area contributed by atoms with Gasteiger partial charge in [-0.25, -0.2) is 4.21 Å². The molecule has 54 valence electrons. The van der Waals surface area contributed by atoms with Crippen LogP contribution in [0.2, 0.25) is 0 Å². The summed E-state index contributed by atoms with van der Waals surface area (Å²) in [7, 11) is 0. The monoisotopic (exact) mass is 180 g/mol. The van der Waals surface area contributed by atoms with Crippen molar-refractivity contribution in [1.82, 2.24) is 0 Å². The van der Waals surface area contributed by atoms with Crippen LogP contribution in [0.15, 0.2) is 30.3 Å². The van der Waals surface area contributed by atoms with Gasteiger partial charge >= 0.3 is 29.6 Å². The van der Waals surface area contributed by atoms with Crippen molar-refractivity contribution in [3.8, 4) is 5.75 Å². The van der Waals surface area contributed by atoms with Crippen molar-refractivity contribution in [2.75, 3.05) is 0 Å². The predicted octanol–water partition coefficient (Wildman–Crippen LogP) is -2.14. The zero-order chi connectivity index (χ0) is 7.40. The van der Waals surface area contributed by atoms with Crippen LogP contribution in [0.5, 0.6) is 5.75 Å². The van der Waals surface area contributed by atoms with E-state index >= 15 is 0 Å². The molecule has 0 aliphatic rings. The van der Waals surface area contributed by atoms with E-state index in [9.17, 15) is 8.76 Å². The Morgan fingerprint density at radius 3 is 2.27 bits per heavy atom. The van der Waals surface area contributed by atoms with E-state index < -0.39 is 11.4 Å². The van der Waals surface area contributed by atoms with E-state index in [1.54, 1.807) is 30.3 Å². The molecule has 1 rings (SSSR count). The van der Waals surface area contributed by atoms with Crippen LogP contribution in [0.25, 0.3) is 0 Å². The van der Waals surface area contributed by atoms with Crippen molar-refractivity contribution in [1.29, 1.82) is 0 Å². The van der Waals surface area contributed by atoms with E-state index in [1.165, 1.54) is 0 Å². The summed E-state index contributed by atoms with van der Waals surface area (Å²) in [6, 6.07) is 8.30. The largest absolute Gasteiger partial charge is 1.00 e. The van der Waals surface area contributed by atoms with Gasteiger partial charge in [-0.2, -0.15) is 0 Å². The Bertz CT molecular complexity index is 227. The SMILES string of the molecule is O=S([O-])Oc1ccccc1.[Na+]. The van der Waals surface area contributed by atoms with Crippen LogP contribution < -0.4 is 33.7 Å². The summed E-state index contributed by atoms with van der Waals surface area (Å²) in [6.07, 6.45) is 0. The molecule has 0 aliphatic heterocycles. The Kier molecular flexibility index (Phi) is 5.81. The minimum Gasteiger partial charge on any atom is -0.740 e. The molecule has 3 nitrogen and oxygen atoms in total. The zero-order valence-corrected chi connectivity index (χ0v) is 8.84. The van der Waals surface area contributed by atoms with Gasteiger partial charge in [-0.05, 0) is 12.1 Å². The molecule has 0 amide bonds. The maximum Gasteiger partial charge on any atom is 1.00 e. The van der Waals surface area contributed by atoms with E-state index in [0.717, 1.165) is 0 Å². The molecule has 0 bridgehead atoms. The molecule has 5 heteroatoms. The number of benzene rings is 1. The van der Waals surface area contributed by atoms with Gasteiger partial charge in [-0.3, -0.25) is 0 Å².